The lowest BCUT2D eigenvalue weighted by Gasteiger charge is -2.23. The molecule has 0 saturated heterocycles. The fourth-order valence-corrected chi connectivity index (χ4v) is 2.42. The van der Waals surface area contributed by atoms with Gasteiger partial charge in [0.25, 0.3) is 0 Å². The first-order valence-corrected chi connectivity index (χ1v) is 6.47. The summed E-state index contributed by atoms with van der Waals surface area (Å²) in [7, 11) is 0. The summed E-state index contributed by atoms with van der Waals surface area (Å²) < 4.78 is 0. The topological polar surface area (TPSA) is 37.3 Å². The van der Waals surface area contributed by atoms with E-state index in [0.29, 0.717) is 17.4 Å². The quantitative estimate of drug-likeness (QED) is 0.735. The minimum Gasteiger partial charge on any atom is -0.373 e. The predicted octanol–water partition coefficient (Wildman–Crippen LogP) is 3.27. The van der Waals surface area contributed by atoms with Crippen LogP contribution in [0.1, 0.15) is 11.1 Å². The van der Waals surface area contributed by atoms with Crippen molar-refractivity contribution in [1.29, 1.82) is 0 Å². The normalized spacial score (nSPS) is 13.8. The van der Waals surface area contributed by atoms with Gasteiger partial charge in [-0.05, 0) is 28.0 Å². The molecule has 0 aliphatic carbocycles. The van der Waals surface area contributed by atoms with Crippen molar-refractivity contribution in [3.05, 3.63) is 83.9 Å². The number of benzene rings is 3. The molecule has 0 fully saturated rings. The molecule has 0 aliphatic rings. The lowest BCUT2D eigenvalue weighted by molar-refractivity contribution is -0.121. The Balaban J connectivity index is 2.18. The average molecular weight is 262 g/mol. The molecular formula is C18H14O2. The molecule has 3 aromatic rings. The van der Waals surface area contributed by atoms with Crippen molar-refractivity contribution in [3.63, 3.8) is 0 Å². The van der Waals surface area contributed by atoms with Gasteiger partial charge in [-0.25, -0.2) is 0 Å². The van der Waals surface area contributed by atoms with Crippen LogP contribution in [0.25, 0.3) is 10.8 Å². The summed E-state index contributed by atoms with van der Waals surface area (Å²) in [6.07, 6.45) is 0.590. The molecule has 0 bridgehead atoms. The summed E-state index contributed by atoms with van der Waals surface area (Å²) in [6.45, 7) is 0. The Bertz CT molecular complexity index is 749. The van der Waals surface area contributed by atoms with E-state index < -0.39 is 5.60 Å². The van der Waals surface area contributed by atoms with E-state index in [2.05, 4.69) is 0 Å². The number of aldehydes is 1. The third-order valence-electron chi connectivity index (χ3n) is 3.57. The van der Waals surface area contributed by atoms with Crippen molar-refractivity contribution >= 4 is 17.1 Å². The number of carbonyl (C=O) groups excluding carboxylic acids is 1. The fourth-order valence-electron chi connectivity index (χ4n) is 2.42. The maximum absolute atomic E-state index is 11.5. The first-order chi connectivity index (χ1) is 9.74. The summed E-state index contributed by atoms with van der Waals surface area (Å²) in [6, 6.07) is 22.4. The molecule has 2 heteroatoms. The summed E-state index contributed by atoms with van der Waals surface area (Å²) >= 11 is 0. The van der Waals surface area contributed by atoms with Crippen LogP contribution in [0.5, 0.6) is 0 Å². The molecule has 1 unspecified atom stereocenters. The second kappa shape index (κ2) is 4.91. The number of hydrogen-bond acceptors (Lipinski definition) is 2. The second-order valence-electron chi connectivity index (χ2n) is 4.81. The van der Waals surface area contributed by atoms with Crippen LogP contribution in [-0.2, 0) is 10.4 Å². The summed E-state index contributed by atoms with van der Waals surface area (Å²) in [5.74, 6) is 0. The highest BCUT2D eigenvalue weighted by Gasteiger charge is 2.31. The van der Waals surface area contributed by atoms with Gasteiger partial charge < -0.3 is 5.11 Å². The Morgan fingerprint density at radius 1 is 0.750 bits per heavy atom. The molecule has 20 heavy (non-hydrogen) atoms. The number of carbonyl (C=O) groups is 1. The Hall–Kier alpha value is -2.45. The van der Waals surface area contributed by atoms with Crippen LogP contribution in [0, 0.1) is 0 Å². The highest BCUT2D eigenvalue weighted by molar-refractivity contribution is 5.85. The molecule has 0 radical (unpaired) electrons. The largest absolute Gasteiger partial charge is 0.373 e. The SMILES string of the molecule is O=CC(O)(c1ccccc1)c1ccc2ccccc2c1. The van der Waals surface area contributed by atoms with E-state index >= 15 is 0 Å². The van der Waals surface area contributed by atoms with Crippen LogP contribution in [0.3, 0.4) is 0 Å². The van der Waals surface area contributed by atoms with E-state index in [4.69, 9.17) is 0 Å². The molecule has 0 aliphatic heterocycles. The number of aliphatic hydroxyl groups is 1. The number of hydrogen-bond donors (Lipinski definition) is 1. The van der Waals surface area contributed by atoms with Crippen LogP contribution in [-0.4, -0.2) is 11.4 Å². The summed E-state index contributed by atoms with van der Waals surface area (Å²) in [5, 5.41) is 12.8. The smallest absolute Gasteiger partial charge is 0.170 e. The molecule has 0 spiro atoms. The van der Waals surface area contributed by atoms with Gasteiger partial charge in [0.1, 0.15) is 0 Å². The molecule has 1 atom stereocenters. The van der Waals surface area contributed by atoms with E-state index in [-0.39, 0.29) is 0 Å². The van der Waals surface area contributed by atoms with Gasteiger partial charge in [0.15, 0.2) is 11.9 Å². The van der Waals surface area contributed by atoms with Crippen molar-refractivity contribution < 1.29 is 9.90 Å². The van der Waals surface area contributed by atoms with Crippen LogP contribution in [0.4, 0.5) is 0 Å². The highest BCUT2D eigenvalue weighted by atomic mass is 16.3. The predicted molar refractivity (Wildman–Crippen MR) is 79.5 cm³/mol. The van der Waals surface area contributed by atoms with Gasteiger partial charge in [-0.2, -0.15) is 0 Å². The lowest BCUT2D eigenvalue weighted by atomic mass is 9.86. The van der Waals surface area contributed by atoms with Crippen LogP contribution in [0.2, 0.25) is 0 Å². The van der Waals surface area contributed by atoms with E-state index in [1.807, 2.05) is 54.6 Å². The summed E-state index contributed by atoms with van der Waals surface area (Å²) in [4.78, 5) is 11.5. The third kappa shape index (κ3) is 2.00. The number of rotatable bonds is 3. The van der Waals surface area contributed by atoms with Crippen LogP contribution >= 0.6 is 0 Å². The molecule has 0 heterocycles. The molecule has 2 nitrogen and oxygen atoms in total. The second-order valence-corrected chi connectivity index (χ2v) is 4.81. The minimum absolute atomic E-state index is 0.574. The summed E-state index contributed by atoms with van der Waals surface area (Å²) in [5.41, 5.74) is -0.451. The van der Waals surface area contributed by atoms with Crippen molar-refractivity contribution in [2.45, 2.75) is 5.60 Å². The molecular weight excluding hydrogens is 248 g/mol. The van der Waals surface area contributed by atoms with Gasteiger partial charge in [0, 0.05) is 0 Å². The van der Waals surface area contributed by atoms with Gasteiger partial charge in [-0.3, -0.25) is 4.79 Å². The van der Waals surface area contributed by atoms with Crippen molar-refractivity contribution in [2.24, 2.45) is 0 Å². The first kappa shape index (κ1) is 12.6. The molecule has 1 N–H and O–H groups in total. The Morgan fingerprint density at radius 2 is 1.40 bits per heavy atom. The third-order valence-corrected chi connectivity index (χ3v) is 3.57. The zero-order chi connectivity index (χ0) is 14.0. The molecule has 3 aromatic carbocycles. The van der Waals surface area contributed by atoms with Crippen molar-refractivity contribution in [3.8, 4) is 0 Å². The standard InChI is InChI=1S/C18H14O2/c19-13-18(20,16-8-2-1-3-9-16)17-11-10-14-6-4-5-7-15(14)12-17/h1-13,20H. The monoisotopic (exact) mass is 262 g/mol. The molecule has 98 valence electrons. The fraction of sp³-hybridized carbons (Fsp3) is 0.0556. The number of fused-ring (bicyclic) bond motifs is 1. The van der Waals surface area contributed by atoms with Gasteiger partial charge in [-0.1, -0.05) is 66.7 Å². The average Bonchev–Trinajstić information content (AvgIpc) is 2.54. The molecule has 0 amide bonds. The van der Waals surface area contributed by atoms with E-state index in [0.717, 1.165) is 10.8 Å². The maximum atomic E-state index is 11.5. The van der Waals surface area contributed by atoms with Crippen LogP contribution in [0.15, 0.2) is 72.8 Å². The van der Waals surface area contributed by atoms with Crippen molar-refractivity contribution in [2.75, 3.05) is 0 Å². The minimum atomic E-state index is -1.61. The van der Waals surface area contributed by atoms with Crippen molar-refractivity contribution in [1.82, 2.24) is 0 Å². The molecule has 0 saturated carbocycles. The molecule has 0 aromatic heterocycles. The zero-order valence-corrected chi connectivity index (χ0v) is 10.9. The van der Waals surface area contributed by atoms with Crippen LogP contribution < -0.4 is 0 Å². The maximum Gasteiger partial charge on any atom is 0.170 e. The lowest BCUT2D eigenvalue weighted by Crippen LogP contribution is -2.28. The van der Waals surface area contributed by atoms with E-state index in [1.165, 1.54) is 0 Å². The van der Waals surface area contributed by atoms with Gasteiger partial charge in [-0.15, -0.1) is 0 Å². The van der Waals surface area contributed by atoms with E-state index in [1.54, 1.807) is 18.2 Å². The van der Waals surface area contributed by atoms with E-state index in [9.17, 15) is 9.90 Å². The van der Waals surface area contributed by atoms with Gasteiger partial charge in [0.05, 0.1) is 0 Å². The van der Waals surface area contributed by atoms with Gasteiger partial charge in [0.2, 0.25) is 0 Å². The van der Waals surface area contributed by atoms with Gasteiger partial charge >= 0.3 is 0 Å². The highest BCUT2D eigenvalue weighted by Crippen LogP contribution is 2.29. The zero-order valence-electron chi connectivity index (χ0n) is 10.9. The Morgan fingerprint density at radius 3 is 2.10 bits per heavy atom. The Kier molecular flexibility index (Phi) is 3.09. The first-order valence-electron chi connectivity index (χ1n) is 6.47. The Labute approximate surface area is 117 Å². The molecule has 3 rings (SSSR count).